The van der Waals surface area contributed by atoms with Crippen molar-refractivity contribution in [3.63, 3.8) is 0 Å². The molecule has 0 spiro atoms. The molecule has 1 fully saturated rings. The summed E-state index contributed by atoms with van der Waals surface area (Å²) in [6.07, 6.45) is 2.73. The Morgan fingerprint density at radius 1 is 1.00 bits per heavy atom. The molecular weight excluding hydrogens is 436 g/mol. The maximum Gasteiger partial charge on any atom is 0.252 e. The van der Waals surface area contributed by atoms with Crippen molar-refractivity contribution in [2.75, 3.05) is 46.3 Å². The summed E-state index contributed by atoms with van der Waals surface area (Å²) in [5.41, 5.74) is 5.21. The predicted octanol–water partition coefficient (Wildman–Crippen LogP) is 3.63. The Kier molecular flexibility index (Phi) is 6.88. The third-order valence-electron chi connectivity index (χ3n) is 6.75. The number of aromatic nitrogens is 3. The van der Waals surface area contributed by atoms with Crippen molar-refractivity contribution in [2.45, 2.75) is 13.3 Å². The topological polar surface area (TPSA) is 66.3 Å². The number of aryl methyl sites for hydroxylation is 1. The van der Waals surface area contributed by atoms with E-state index in [9.17, 15) is 4.79 Å². The van der Waals surface area contributed by atoms with Gasteiger partial charge in [-0.2, -0.15) is 5.10 Å². The van der Waals surface area contributed by atoms with Gasteiger partial charge >= 0.3 is 0 Å². The van der Waals surface area contributed by atoms with Crippen LogP contribution in [0.3, 0.4) is 0 Å². The Morgan fingerprint density at radius 3 is 2.46 bits per heavy atom. The molecule has 1 N–H and O–H groups in total. The van der Waals surface area contributed by atoms with Gasteiger partial charge in [0.15, 0.2) is 5.65 Å². The van der Waals surface area contributed by atoms with E-state index >= 15 is 0 Å². The first-order valence-electron chi connectivity index (χ1n) is 12.3. The lowest BCUT2D eigenvalue weighted by molar-refractivity contribution is 0.0942. The summed E-state index contributed by atoms with van der Waals surface area (Å²) >= 11 is 0. The molecule has 1 saturated heterocycles. The van der Waals surface area contributed by atoms with Crippen molar-refractivity contribution in [3.05, 3.63) is 78.0 Å². The second-order valence-corrected chi connectivity index (χ2v) is 9.14. The van der Waals surface area contributed by atoms with Gasteiger partial charge in [0.25, 0.3) is 5.91 Å². The van der Waals surface area contributed by atoms with Crippen LogP contribution in [0.5, 0.6) is 0 Å². The molecule has 0 radical (unpaired) electrons. The van der Waals surface area contributed by atoms with Crippen molar-refractivity contribution in [3.8, 4) is 16.9 Å². The summed E-state index contributed by atoms with van der Waals surface area (Å²) in [5, 5.41) is 8.48. The number of fused-ring (bicyclic) bond motifs is 1. The zero-order chi connectivity index (χ0) is 24.2. The molecule has 0 atom stereocenters. The van der Waals surface area contributed by atoms with E-state index in [-0.39, 0.29) is 5.91 Å². The number of hydrogen-bond donors (Lipinski definition) is 1. The molecule has 35 heavy (non-hydrogen) atoms. The lowest BCUT2D eigenvalue weighted by Crippen LogP contribution is -2.46. The van der Waals surface area contributed by atoms with Crippen molar-refractivity contribution >= 4 is 16.9 Å². The Labute approximate surface area is 206 Å². The van der Waals surface area contributed by atoms with Crippen molar-refractivity contribution in [2.24, 2.45) is 0 Å². The Hall–Kier alpha value is -3.55. The highest BCUT2D eigenvalue weighted by Gasteiger charge is 2.19. The third kappa shape index (κ3) is 5.11. The number of hydrogen-bond acceptors (Lipinski definition) is 5. The molecule has 7 nitrogen and oxygen atoms in total. The average Bonchev–Trinajstić information content (AvgIpc) is 3.34. The minimum atomic E-state index is -0.0921. The van der Waals surface area contributed by atoms with E-state index in [1.807, 2.05) is 36.4 Å². The van der Waals surface area contributed by atoms with Gasteiger partial charge in [-0.3, -0.25) is 9.69 Å². The van der Waals surface area contributed by atoms with E-state index in [1.165, 1.54) is 5.56 Å². The fourth-order valence-corrected chi connectivity index (χ4v) is 4.50. The molecule has 0 unspecified atom stereocenters. The molecule has 3 heterocycles. The standard InChI is InChI=1S/C28H32N6O/c1-3-21-9-11-22(12-10-21)26-19-24(28(35)29-13-14-33-17-15-32(2)16-18-33)25-20-30-34(27(25)31-26)23-7-5-4-6-8-23/h4-12,19-20H,3,13-18H2,1-2H3,(H,29,35). The number of piperazine rings is 1. The SMILES string of the molecule is CCc1ccc(-c2cc(C(=O)NCCN3CCN(C)CC3)c3cnn(-c4ccccc4)c3n2)cc1. The molecule has 1 aliphatic rings. The maximum absolute atomic E-state index is 13.4. The predicted molar refractivity (Wildman–Crippen MR) is 140 cm³/mol. The van der Waals surface area contributed by atoms with Gasteiger partial charge in [0.1, 0.15) is 0 Å². The van der Waals surface area contributed by atoms with Gasteiger partial charge in [0.05, 0.1) is 28.5 Å². The summed E-state index contributed by atoms with van der Waals surface area (Å²) in [6, 6.07) is 20.2. The number of rotatable bonds is 7. The molecule has 0 bridgehead atoms. The highest BCUT2D eigenvalue weighted by atomic mass is 16.1. The van der Waals surface area contributed by atoms with Crippen LogP contribution >= 0.6 is 0 Å². The molecule has 1 aliphatic heterocycles. The number of benzene rings is 2. The number of nitrogens with one attached hydrogen (secondary N) is 1. The Bertz CT molecular complexity index is 1290. The van der Waals surface area contributed by atoms with E-state index in [4.69, 9.17) is 4.98 Å². The first-order chi connectivity index (χ1) is 17.1. The highest BCUT2D eigenvalue weighted by Crippen LogP contribution is 2.27. The largest absolute Gasteiger partial charge is 0.351 e. The number of carbonyl (C=O) groups excluding carboxylic acids is 1. The summed E-state index contributed by atoms with van der Waals surface area (Å²) in [4.78, 5) is 23.1. The molecule has 2 aromatic carbocycles. The number of para-hydroxylation sites is 1. The van der Waals surface area contributed by atoms with Crippen LogP contribution in [0.1, 0.15) is 22.8 Å². The van der Waals surface area contributed by atoms with Crippen LogP contribution < -0.4 is 5.32 Å². The maximum atomic E-state index is 13.4. The number of carbonyl (C=O) groups is 1. The number of amides is 1. The number of nitrogens with zero attached hydrogens (tertiary/aromatic N) is 5. The molecule has 1 amide bonds. The van der Waals surface area contributed by atoms with Gasteiger partial charge in [0, 0.05) is 44.8 Å². The smallest absolute Gasteiger partial charge is 0.252 e. The van der Waals surface area contributed by atoms with E-state index in [0.29, 0.717) is 17.8 Å². The van der Waals surface area contributed by atoms with Crippen molar-refractivity contribution in [1.82, 2.24) is 29.9 Å². The fraction of sp³-hybridized carbons (Fsp3) is 0.321. The van der Waals surface area contributed by atoms with E-state index in [2.05, 4.69) is 58.5 Å². The molecule has 2 aromatic heterocycles. The minimum absolute atomic E-state index is 0.0921. The van der Waals surface area contributed by atoms with Gasteiger partial charge in [-0.1, -0.05) is 49.4 Å². The van der Waals surface area contributed by atoms with Crippen molar-refractivity contribution in [1.29, 1.82) is 0 Å². The van der Waals surface area contributed by atoms with Crippen LogP contribution in [0.25, 0.3) is 28.0 Å². The average molecular weight is 469 g/mol. The lowest BCUT2D eigenvalue weighted by atomic mass is 10.0. The lowest BCUT2D eigenvalue weighted by Gasteiger charge is -2.32. The quantitative estimate of drug-likeness (QED) is 0.449. The number of likely N-dealkylation sites (N-methyl/N-ethyl adjacent to an activating group) is 1. The van der Waals surface area contributed by atoms with Crippen molar-refractivity contribution < 1.29 is 4.79 Å². The zero-order valence-electron chi connectivity index (χ0n) is 20.4. The molecule has 0 saturated carbocycles. The molecule has 5 rings (SSSR count). The number of pyridine rings is 1. The monoisotopic (exact) mass is 468 g/mol. The Balaban J connectivity index is 1.46. The van der Waals surface area contributed by atoms with E-state index in [1.54, 1.807) is 10.9 Å². The fourth-order valence-electron chi connectivity index (χ4n) is 4.50. The second kappa shape index (κ2) is 10.4. The van der Waals surface area contributed by atoms with Gasteiger partial charge in [-0.25, -0.2) is 9.67 Å². The van der Waals surface area contributed by atoms with Gasteiger partial charge < -0.3 is 10.2 Å². The van der Waals surface area contributed by atoms with E-state index < -0.39 is 0 Å². The van der Waals surface area contributed by atoms with Crippen LogP contribution in [-0.2, 0) is 6.42 Å². The third-order valence-corrected chi connectivity index (χ3v) is 6.75. The van der Waals surface area contributed by atoms with Gasteiger partial charge in [-0.05, 0) is 37.2 Å². The molecule has 7 heteroatoms. The summed E-state index contributed by atoms with van der Waals surface area (Å²) < 4.78 is 1.81. The molecule has 4 aromatic rings. The van der Waals surface area contributed by atoms with Crippen LogP contribution in [0.15, 0.2) is 66.9 Å². The van der Waals surface area contributed by atoms with Gasteiger partial charge in [0.2, 0.25) is 0 Å². The summed E-state index contributed by atoms with van der Waals surface area (Å²) in [5.74, 6) is -0.0921. The van der Waals surface area contributed by atoms with Crippen LogP contribution in [0.2, 0.25) is 0 Å². The van der Waals surface area contributed by atoms with Crippen LogP contribution in [0, 0.1) is 0 Å². The molecular formula is C28H32N6O. The highest BCUT2D eigenvalue weighted by molar-refractivity contribution is 6.06. The first-order valence-corrected chi connectivity index (χ1v) is 12.3. The summed E-state index contributed by atoms with van der Waals surface area (Å²) in [7, 11) is 2.15. The normalized spacial score (nSPS) is 14.9. The van der Waals surface area contributed by atoms with Crippen LogP contribution in [-0.4, -0.2) is 76.8 Å². The van der Waals surface area contributed by atoms with Crippen LogP contribution in [0.4, 0.5) is 0 Å². The van der Waals surface area contributed by atoms with Gasteiger partial charge in [-0.15, -0.1) is 0 Å². The zero-order valence-corrected chi connectivity index (χ0v) is 20.4. The van der Waals surface area contributed by atoms with E-state index in [0.717, 1.165) is 61.5 Å². The minimum Gasteiger partial charge on any atom is -0.351 e. The molecule has 180 valence electrons. The first kappa shape index (κ1) is 23.2. The Morgan fingerprint density at radius 2 is 1.74 bits per heavy atom. The molecule has 0 aliphatic carbocycles. The second-order valence-electron chi connectivity index (χ2n) is 9.14. The summed E-state index contributed by atoms with van der Waals surface area (Å²) in [6.45, 7) is 7.81.